The van der Waals surface area contributed by atoms with E-state index < -0.39 is 5.97 Å². The van der Waals surface area contributed by atoms with Crippen molar-refractivity contribution in [2.75, 3.05) is 11.4 Å². The fraction of sp³-hybridized carbons (Fsp3) is 0.667. The van der Waals surface area contributed by atoms with E-state index in [9.17, 15) is 4.79 Å². The van der Waals surface area contributed by atoms with Gasteiger partial charge in [0, 0.05) is 12.6 Å². The maximum absolute atomic E-state index is 11.1. The molecule has 1 atom stereocenters. The molecular weight excluding hydrogens is 236 g/mol. The monoisotopic (exact) mass is 254 g/mol. The lowest BCUT2D eigenvalue weighted by atomic mass is 10.2. The number of carboxylic acids is 1. The van der Waals surface area contributed by atoms with Crippen LogP contribution >= 0.6 is 11.3 Å². The average Bonchev–Trinajstić information content (AvgIpc) is 2.94. The lowest BCUT2D eigenvalue weighted by Gasteiger charge is -2.22. The summed E-state index contributed by atoms with van der Waals surface area (Å²) in [6.45, 7) is 5.14. The van der Waals surface area contributed by atoms with Gasteiger partial charge in [0.15, 0.2) is 5.13 Å². The van der Waals surface area contributed by atoms with Gasteiger partial charge in [-0.05, 0) is 25.7 Å². The Hall–Kier alpha value is -1.10. The van der Waals surface area contributed by atoms with Gasteiger partial charge >= 0.3 is 5.97 Å². The largest absolute Gasteiger partial charge is 0.477 e. The fourth-order valence-electron chi connectivity index (χ4n) is 2.38. The molecule has 1 unspecified atom stereocenters. The van der Waals surface area contributed by atoms with Crippen LogP contribution < -0.4 is 4.90 Å². The van der Waals surface area contributed by atoms with Crippen LogP contribution in [0.5, 0.6) is 0 Å². The van der Waals surface area contributed by atoms with Gasteiger partial charge in [-0.2, -0.15) is 0 Å². The highest BCUT2D eigenvalue weighted by molar-refractivity contribution is 7.17. The van der Waals surface area contributed by atoms with Gasteiger partial charge in [0.2, 0.25) is 0 Å². The minimum absolute atomic E-state index is 0.407. The molecule has 17 heavy (non-hydrogen) atoms. The van der Waals surface area contributed by atoms with E-state index in [-0.39, 0.29) is 0 Å². The summed E-state index contributed by atoms with van der Waals surface area (Å²) in [6.07, 6.45) is 4.16. The first kappa shape index (κ1) is 12.4. The zero-order valence-electron chi connectivity index (χ0n) is 10.3. The molecule has 0 spiro atoms. The molecule has 1 fully saturated rings. The molecule has 2 heterocycles. The molecule has 1 N–H and O–H groups in total. The van der Waals surface area contributed by atoms with Crippen molar-refractivity contribution in [3.63, 3.8) is 0 Å². The van der Waals surface area contributed by atoms with Gasteiger partial charge in [0.05, 0.1) is 5.69 Å². The molecule has 1 aliphatic heterocycles. The number of rotatable bonds is 4. The number of carbonyl (C=O) groups is 1. The van der Waals surface area contributed by atoms with E-state index in [1.54, 1.807) is 0 Å². The first-order valence-corrected chi connectivity index (χ1v) is 6.98. The summed E-state index contributed by atoms with van der Waals surface area (Å²) in [4.78, 5) is 18.3. The molecule has 0 saturated carbocycles. The van der Waals surface area contributed by atoms with Crippen LogP contribution in [0, 0.1) is 0 Å². The van der Waals surface area contributed by atoms with Crippen LogP contribution in [0.3, 0.4) is 0 Å². The molecule has 1 aromatic heterocycles. The summed E-state index contributed by atoms with van der Waals surface area (Å²) < 4.78 is 0. The zero-order valence-corrected chi connectivity index (χ0v) is 11.1. The number of carboxylic acid groups (broad SMARTS) is 1. The van der Waals surface area contributed by atoms with Gasteiger partial charge in [-0.1, -0.05) is 25.2 Å². The predicted molar refractivity (Wildman–Crippen MR) is 69.1 cm³/mol. The number of hydrogen-bond donors (Lipinski definition) is 1. The highest BCUT2D eigenvalue weighted by Gasteiger charge is 2.27. The van der Waals surface area contributed by atoms with Crippen LogP contribution in [0.4, 0.5) is 5.13 Å². The van der Waals surface area contributed by atoms with Crippen LogP contribution in [0.1, 0.15) is 48.5 Å². The second kappa shape index (κ2) is 5.04. The lowest BCUT2D eigenvalue weighted by Crippen LogP contribution is -2.28. The molecular formula is C12H18N2O2S. The van der Waals surface area contributed by atoms with E-state index in [0.717, 1.165) is 23.8 Å². The number of nitrogens with zero attached hydrogens (tertiary/aromatic N) is 2. The minimum Gasteiger partial charge on any atom is -0.477 e. The van der Waals surface area contributed by atoms with Crippen LogP contribution in [0.25, 0.3) is 0 Å². The van der Waals surface area contributed by atoms with E-state index >= 15 is 0 Å². The maximum atomic E-state index is 11.1. The van der Waals surface area contributed by atoms with Crippen molar-refractivity contribution in [3.8, 4) is 0 Å². The molecule has 94 valence electrons. The molecule has 5 heteroatoms. The summed E-state index contributed by atoms with van der Waals surface area (Å²) in [6, 6.07) is 0.535. The van der Waals surface area contributed by atoms with Crippen molar-refractivity contribution in [3.05, 3.63) is 10.6 Å². The van der Waals surface area contributed by atoms with Gasteiger partial charge in [0.25, 0.3) is 0 Å². The Morgan fingerprint density at radius 3 is 2.88 bits per heavy atom. The third kappa shape index (κ3) is 2.29. The Morgan fingerprint density at radius 2 is 2.35 bits per heavy atom. The standard InChI is InChI=1S/C12H18N2O2S/c1-3-8-6-5-7-14(8)12-13-9(4-2)10(17-12)11(15)16/h8H,3-7H2,1-2H3,(H,15,16). The summed E-state index contributed by atoms with van der Waals surface area (Å²) in [7, 11) is 0. The lowest BCUT2D eigenvalue weighted by molar-refractivity contribution is 0.0701. The molecule has 1 aromatic rings. The number of hydrogen-bond acceptors (Lipinski definition) is 4. The molecule has 0 aliphatic carbocycles. The van der Waals surface area contributed by atoms with Gasteiger partial charge in [-0.25, -0.2) is 9.78 Å². The molecule has 4 nitrogen and oxygen atoms in total. The molecule has 0 aromatic carbocycles. The quantitative estimate of drug-likeness (QED) is 0.897. The van der Waals surface area contributed by atoms with Gasteiger partial charge in [-0.15, -0.1) is 0 Å². The molecule has 1 aliphatic rings. The molecule has 0 radical (unpaired) electrons. The van der Waals surface area contributed by atoms with Crippen molar-refractivity contribution in [2.45, 2.75) is 45.6 Å². The maximum Gasteiger partial charge on any atom is 0.347 e. The number of thiazole rings is 1. The van der Waals surface area contributed by atoms with Gasteiger partial charge in [-0.3, -0.25) is 0 Å². The Kier molecular flexibility index (Phi) is 3.66. The van der Waals surface area contributed by atoms with Crippen molar-refractivity contribution < 1.29 is 9.90 Å². The molecule has 2 rings (SSSR count). The summed E-state index contributed by atoms with van der Waals surface area (Å²) in [5.74, 6) is -0.849. The van der Waals surface area contributed by atoms with E-state index in [1.165, 1.54) is 24.2 Å². The van der Waals surface area contributed by atoms with E-state index in [0.29, 0.717) is 17.3 Å². The Bertz CT molecular complexity index is 417. The summed E-state index contributed by atoms with van der Waals surface area (Å²) in [5.41, 5.74) is 0.722. The second-order valence-electron chi connectivity index (χ2n) is 4.33. The third-order valence-electron chi connectivity index (χ3n) is 3.31. The van der Waals surface area contributed by atoms with Crippen molar-refractivity contribution in [2.24, 2.45) is 0 Å². The Balaban J connectivity index is 2.30. The molecule has 0 bridgehead atoms. The highest BCUT2D eigenvalue weighted by atomic mass is 32.1. The number of anilines is 1. The van der Waals surface area contributed by atoms with Gasteiger partial charge < -0.3 is 10.0 Å². The van der Waals surface area contributed by atoms with E-state index in [2.05, 4.69) is 16.8 Å². The number of aromatic nitrogens is 1. The van der Waals surface area contributed by atoms with Crippen molar-refractivity contribution in [1.29, 1.82) is 0 Å². The summed E-state index contributed by atoms with van der Waals surface area (Å²) in [5, 5.41) is 10.0. The van der Waals surface area contributed by atoms with Crippen LogP contribution in [0.15, 0.2) is 0 Å². The first-order chi connectivity index (χ1) is 8.17. The summed E-state index contributed by atoms with van der Waals surface area (Å²) >= 11 is 1.32. The van der Waals surface area contributed by atoms with Crippen molar-refractivity contribution >= 4 is 22.4 Å². The Labute approximate surface area is 105 Å². The number of aromatic carboxylic acids is 1. The smallest absolute Gasteiger partial charge is 0.347 e. The SMILES string of the molecule is CCc1nc(N2CCCC2CC)sc1C(=O)O. The predicted octanol–water partition coefficient (Wildman–Crippen LogP) is 2.78. The topological polar surface area (TPSA) is 53.4 Å². The van der Waals surface area contributed by atoms with E-state index in [4.69, 9.17) is 5.11 Å². The van der Waals surface area contributed by atoms with Crippen LogP contribution in [0.2, 0.25) is 0 Å². The zero-order chi connectivity index (χ0) is 12.4. The third-order valence-corrected chi connectivity index (χ3v) is 4.43. The second-order valence-corrected chi connectivity index (χ2v) is 5.31. The highest BCUT2D eigenvalue weighted by Crippen LogP contribution is 2.32. The van der Waals surface area contributed by atoms with E-state index in [1.807, 2.05) is 6.92 Å². The van der Waals surface area contributed by atoms with Gasteiger partial charge in [0.1, 0.15) is 4.88 Å². The number of aryl methyl sites for hydroxylation is 1. The normalized spacial score (nSPS) is 19.9. The Morgan fingerprint density at radius 1 is 1.59 bits per heavy atom. The molecule has 0 amide bonds. The average molecular weight is 254 g/mol. The van der Waals surface area contributed by atoms with Crippen LogP contribution in [-0.4, -0.2) is 28.6 Å². The fourth-order valence-corrected chi connectivity index (χ4v) is 3.47. The van der Waals surface area contributed by atoms with Crippen molar-refractivity contribution in [1.82, 2.24) is 4.98 Å². The molecule has 1 saturated heterocycles. The minimum atomic E-state index is -0.849. The van der Waals surface area contributed by atoms with Crippen LogP contribution in [-0.2, 0) is 6.42 Å². The first-order valence-electron chi connectivity index (χ1n) is 6.17.